The number of sulfonamides is 1. The molecule has 30 heavy (non-hydrogen) atoms. The third-order valence-corrected chi connectivity index (χ3v) is 9.87. The van der Waals surface area contributed by atoms with E-state index >= 15 is 0 Å². The van der Waals surface area contributed by atoms with Crippen molar-refractivity contribution >= 4 is 70.3 Å². The SMILES string of the molecule is O=S(=O)(c1cccs1)N1CCc2c(sc3ncnc(Nc4ccc(F)cc4Br)c23)C1. The molecule has 0 bridgehead atoms. The number of halogens is 2. The highest BCUT2D eigenvalue weighted by Crippen LogP contribution is 2.40. The normalized spacial score (nSPS) is 14.7. The number of hydrogen-bond donors (Lipinski definition) is 1. The lowest BCUT2D eigenvalue weighted by atomic mass is 10.1. The molecule has 0 atom stereocenters. The van der Waals surface area contributed by atoms with Crippen molar-refractivity contribution < 1.29 is 12.8 Å². The Bertz CT molecular complexity index is 1360. The van der Waals surface area contributed by atoms with Crippen molar-refractivity contribution in [2.75, 3.05) is 11.9 Å². The van der Waals surface area contributed by atoms with E-state index in [1.807, 2.05) is 0 Å². The van der Waals surface area contributed by atoms with Crippen LogP contribution in [-0.2, 0) is 23.0 Å². The van der Waals surface area contributed by atoms with Crippen molar-refractivity contribution in [1.82, 2.24) is 14.3 Å². The Morgan fingerprint density at radius 2 is 2.10 bits per heavy atom. The summed E-state index contributed by atoms with van der Waals surface area (Å²) in [6, 6.07) is 7.78. The standard InChI is InChI=1S/C19H14BrFN4O2S3/c20-13-8-11(21)3-4-14(13)24-18-17-12-5-6-25(30(26,27)16-2-1-7-28-16)9-15(12)29-19(17)23-10-22-18/h1-4,7-8,10H,5-6,9H2,(H,22,23,24). The van der Waals surface area contributed by atoms with Crippen LogP contribution in [0.25, 0.3) is 10.2 Å². The molecule has 3 aromatic heterocycles. The Hall–Kier alpha value is -1.92. The van der Waals surface area contributed by atoms with Crippen LogP contribution in [0.5, 0.6) is 0 Å². The smallest absolute Gasteiger partial charge is 0.252 e. The summed E-state index contributed by atoms with van der Waals surface area (Å²) in [6.07, 6.45) is 2.05. The zero-order chi connectivity index (χ0) is 20.9. The fourth-order valence-corrected chi connectivity index (χ4v) is 7.75. The molecule has 0 saturated heterocycles. The van der Waals surface area contributed by atoms with Crippen LogP contribution in [0, 0.1) is 5.82 Å². The fourth-order valence-electron chi connectivity index (χ4n) is 3.46. The van der Waals surface area contributed by atoms with Gasteiger partial charge in [0, 0.05) is 22.4 Å². The lowest BCUT2D eigenvalue weighted by Gasteiger charge is -2.25. The van der Waals surface area contributed by atoms with Crippen molar-refractivity contribution in [1.29, 1.82) is 0 Å². The summed E-state index contributed by atoms with van der Waals surface area (Å²) in [4.78, 5) is 10.6. The van der Waals surface area contributed by atoms with Crippen molar-refractivity contribution in [3.8, 4) is 0 Å². The van der Waals surface area contributed by atoms with E-state index in [1.165, 1.54) is 45.4 Å². The first kappa shape index (κ1) is 20.0. The minimum Gasteiger partial charge on any atom is -0.339 e. The van der Waals surface area contributed by atoms with Crippen molar-refractivity contribution in [2.45, 2.75) is 17.2 Å². The maximum atomic E-state index is 13.4. The van der Waals surface area contributed by atoms with Crippen molar-refractivity contribution in [3.63, 3.8) is 0 Å². The number of thiophene rings is 2. The first-order chi connectivity index (χ1) is 14.4. The first-order valence-electron chi connectivity index (χ1n) is 8.94. The largest absolute Gasteiger partial charge is 0.339 e. The predicted octanol–water partition coefficient (Wildman–Crippen LogP) is 5.15. The second-order valence-corrected chi connectivity index (χ2v) is 11.7. The highest BCUT2D eigenvalue weighted by atomic mass is 79.9. The number of benzene rings is 1. The highest BCUT2D eigenvalue weighted by Gasteiger charge is 2.32. The monoisotopic (exact) mass is 524 g/mol. The van der Waals surface area contributed by atoms with Gasteiger partial charge in [-0.3, -0.25) is 0 Å². The van der Waals surface area contributed by atoms with E-state index in [-0.39, 0.29) is 5.82 Å². The van der Waals surface area contributed by atoms with Gasteiger partial charge in [0.15, 0.2) is 0 Å². The molecule has 1 N–H and O–H groups in total. The zero-order valence-corrected chi connectivity index (χ0v) is 19.3. The minimum absolute atomic E-state index is 0.316. The lowest BCUT2D eigenvalue weighted by Crippen LogP contribution is -2.34. The Morgan fingerprint density at radius 3 is 2.87 bits per heavy atom. The van der Waals surface area contributed by atoms with Gasteiger partial charge in [-0.2, -0.15) is 4.31 Å². The molecule has 0 unspecified atom stereocenters. The predicted molar refractivity (Wildman–Crippen MR) is 120 cm³/mol. The molecule has 0 amide bonds. The maximum absolute atomic E-state index is 13.4. The number of anilines is 2. The van der Waals surface area contributed by atoms with Crippen LogP contribution in [0.15, 0.2) is 50.7 Å². The molecule has 4 aromatic rings. The molecular formula is C19H14BrFN4O2S3. The second-order valence-electron chi connectivity index (χ2n) is 6.68. The van der Waals surface area contributed by atoms with Crippen LogP contribution in [0.3, 0.4) is 0 Å². The molecule has 1 aliphatic heterocycles. The van der Waals surface area contributed by atoms with Gasteiger partial charge in [-0.25, -0.2) is 22.8 Å². The summed E-state index contributed by atoms with van der Waals surface area (Å²) in [5.41, 5.74) is 1.75. The number of fused-ring (bicyclic) bond motifs is 3. The first-order valence-corrected chi connectivity index (χ1v) is 12.9. The average Bonchev–Trinajstić information content (AvgIpc) is 3.38. The highest BCUT2D eigenvalue weighted by molar-refractivity contribution is 9.10. The molecule has 0 radical (unpaired) electrons. The Kier molecular flexibility index (Phi) is 5.10. The molecule has 5 rings (SSSR count). The van der Waals surface area contributed by atoms with Gasteiger partial charge in [0.05, 0.1) is 11.1 Å². The summed E-state index contributed by atoms with van der Waals surface area (Å²) in [5, 5.41) is 5.91. The summed E-state index contributed by atoms with van der Waals surface area (Å²) in [5.74, 6) is 0.291. The molecule has 4 heterocycles. The Balaban J connectivity index is 1.52. The average molecular weight is 525 g/mol. The molecule has 0 fully saturated rings. The van der Waals surface area contributed by atoms with Gasteiger partial charge >= 0.3 is 0 Å². The topological polar surface area (TPSA) is 75.2 Å². The van der Waals surface area contributed by atoms with E-state index < -0.39 is 10.0 Å². The quantitative estimate of drug-likeness (QED) is 0.399. The second kappa shape index (κ2) is 7.65. The van der Waals surface area contributed by atoms with E-state index in [2.05, 4.69) is 31.2 Å². The third kappa shape index (κ3) is 3.44. The van der Waals surface area contributed by atoms with Gasteiger partial charge in [0.1, 0.15) is 27.0 Å². The van der Waals surface area contributed by atoms with Crippen LogP contribution in [0.4, 0.5) is 15.9 Å². The Labute approximate surface area is 188 Å². The van der Waals surface area contributed by atoms with Crippen molar-refractivity contribution in [3.05, 3.63) is 62.8 Å². The molecule has 0 spiro atoms. The van der Waals surface area contributed by atoms with Gasteiger partial charge in [-0.05, 0) is 57.6 Å². The number of rotatable bonds is 4. The summed E-state index contributed by atoms with van der Waals surface area (Å²) >= 11 is 6.08. The third-order valence-electron chi connectivity index (χ3n) is 4.88. The van der Waals surface area contributed by atoms with Crippen LogP contribution < -0.4 is 5.32 Å². The van der Waals surface area contributed by atoms with Crippen molar-refractivity contribution in [2.24, 2.45) is 0 Å². The van der Waals surface area contributed by atoms with Gasteiger partial charge < -0.3 is 5.32 Å². The molecule has 6 nitrogen and oxygen atoms in total. The number of nitrogens with one attached hydrogen (secondary N) is 1. The molecule has 1 aliphatic rings. The van der Waals surface area contributed by atoms with E-state index in [4.69, 9.17) is 0 Å². The zero-order valence-electron chi connectivity index (χ0n) is 15.3. The van der Waals surface area contributed by atoms with E-state index in [1.54, 1.807) is 23.6 Å². The van der Waals surface area contributed by atoms with Gasteiger partial charge in [0.2, 0.25) is 0 Å². The molecule has 1 aromatic carbocycles. The summed E-state index contributed by atoms with van der Waals surface area (Å²) in [7, 11) is -3.50. The molecule has 154 valence electrons. The summed E-state index contributed by atoms with van der Waals surface area (Å²) in [6.45, 7) is 0.712. The van der Waals surface area contributed by atoms with E-state index in [9.17, 15) is 12.8 Å². The van der Waals surface area contributed by atoms with Crippen LogP contribution in [0.1, 0.15) is 10.4 Å². The van der Waals surface area contributed by atoms with Gasteiger partial charge in [-0.15, -0.1) is 22.7 Å². The maximum Gasteiger partial charge on any atom is 0.252 e. The number of hydrogen-bond acceptors (Lipinski definition) is 7. The van der Waals surface area contributed by atoms with E-state index in [0.717, 1.165) is 20.7 Å². The van der Waals surface area contributed by atoms with Gasteiger partial charge in [0.25, 0.3) is 10.0 Å². The Morgan fingerprint density at radius 1 is 1.23 bits per heavy atom. The summed E-state index contributed by atoms with van der Waals surface area (Å²) < 4.78 is 41.7. The molecular weight excluding hydrogens is 511 g/mol. The minimum atomic E-state index is -3.50. The lowest BCUT2D eigenvalue weighted by molar-refractivity contribution is 0.397. The number of aromatic nitrogens is 2. The molecule has 0 saturated carbocycles. The van der Waals surface area contributed by atoms with E-state index in [0.29, 0.717) is 39.7 Å². The van der Waals surface area contributed by atoms with Crippen LogP contribution >= 0.6 is 38.6 Å². The van der Waals surface area contributed by atoms with Gasteiger partial charge in [-0.1, -0.05) is 6.07 Å². The number of nitrogens with zero attached hydrogens (tertiary/aromatic N) is 3. The molecule has 0 aliphatic carbocycles. The van der Waals surface area contributed by atoms with Crippen LogP contribution in [0.2, 0.25) is 0 Å². The fraction of sp³-hybridized carbons (Fsp3) is 0.158. The molecule has 11 heteroatoms. The van der Waals surface area contributed by atoms with Crippen LogP contribution in [-0.4, -0.2) is 29.2 Å².